The molecule has 3 aromatic carbocycles. The number of methoxy groups -OCH3 is 1. The fourth-order valence-electron chi connectivity index (χ4n) is 4.55. The van der Waals surface area contributed by atoms with Crippen molar-refractivity contribution in [3.8, 4) is 11.5 Å². The van der Waals surface area contributed by atoms with Gasteiger partial charge in [0, 0.05) is 13.1 Å². The van der Waals surface area contributed by atoms with E-state index in [1.165, 1.54) is 17.0 Å². The Kier molecular flexibility index (Phi) is 12.0. The van der Waals surface area contributed by atoms with E-state index in [4.69, 9.17) is 9.47 Å². The number of ether oxygens (including phenoxy) is 2. The molecule has 9 nitrogen and oxygen atoms in total. The highest BCUT2D eigenvalue weighted by Crippen LogP contribution is 2.27. The van der Waals surface area contributed by atoms with E-state index in [0.717, 1.165) is 15.4 Å². The number of nitrogens with zero attached hydrogens (tertiary/aromatic N) is 2. The molecule has 0 aromatic heterocycles. The average molecular weight is 610 g/mol. The zero-order valence-electron chi connectivity index (χ0n) is 25.9. The summed E-state index contributed by atoms with van der Waals surface area (Å²) >= 11 is 0. The molecule has 0 unspecified atom stereocenters. The molecule has 43 heavy (non-hydrogen) atoms. The Bertz CT molecular complexity index is 1460. The van der Waals surface area contributed by atoms with E-state index in [0.29, 0.717) is 36.8 Å². The highest BCUT2D eigenvalue weighted by atomic mass is 32.2. The van der Waals surface area contributed by atoms with Crippen molar-refractivity contribution in [2.24, 2.45) is 5.92 Å². The van der Waals surface area contributed by atoms with Crippen molar-refractivity contribution in [2.45, 2.75) is 58.5 Å². The predicted octanol–water partition coefficient (Wildman–Crippen LogP) is 5.18. The number of aryl methyl sites for hydroxylation is 1. The quantitative estimate of drug-likeness (QED) is 0.255. The first-order valence-electron chi connectivity index (χ1n) is 14.5. The van der Waals surface area contributed by atoms with E-state index in [9.17, 15) is 18.0 Å². The van der Waals surface area contributed by atoms with Crippen molar-refractivity contribution in [2.75, 3.05) is 31.1 Å². The summed E-state index contributed by atoms with van der Waals surface area (Å²) in [5.74, 6) is 0.581. The van der Waals surface area contributed by atoms with E-state index in [-0.39, 0.29) is 23.3 Å². The summed E-state index contributed by atoms with van der Waals surface area (Å²) in [6.07, 6.45) is 0.343. The minimum absolute atomic E-state index is 0.0189. The van der Waals surface area contributed by atoms with Gasteiger partial charge in [0.25, 0.3) is 10.0 Å². The molecule has 0 saturated heterocycles. The summed E-state index contributed by atoms with van der Waals surface area (Å²) < 4.78 is 40.1. The predicted molar refractivity (Wildman–Crippen MR) is 169 cm³/mol. The lowest BCUT2D eigenvalue weighted by molar-refractivity contribution is -0.140. The smallest absolute Gasteiger partial charge is 0.264 e. The van der Waals surface area contributed by atoms with Gasteiger partial charge in [-0.1, -0.05) is 50.6 Å². The molecule has 0 spiro atoms. The van der Waals surface area contributed by atoms with Gasteiger partial charge < -0.3 is 19.7 Å². The van der Waals surface area contributed by atoms with Crippen molar-refractivity contribution >= 4 is 27.5 Å². The standard InChI is InChI=1S/C33H43N3O6S/c1-7-31(33(38)34-21-24(3)4)35(22-26-10-9-11-29(20-26)41-6)32(37)23-36(27-14-12-25(5)13-15-27)43(39,40)30-18-16-28(17-19-30)42-8-2/h9-20,24,31H,7-8,21-23H2,1-6H3,(H,34,38)/t31-/m0/s1. The van der Waals surface area contributed by atoms with Crippen LogP contribution in [0.2, 0.25) is 0 Å². The minimum Gasteiger partial charge on any atom is -0.497 e. The molecule has 0 heterocycles. The molecule has 3 rings (SSSR count). The van der Waals surface area contributed by atoms with E-state index < -0.39 is 28.5 Å². The summed E-state index contributed by atoms with van der Waals surface area (Å²) in [6, 6.07) is 19.5. The molecule has 10 heteroatoms. The van der Waals surface area contributed by atoms with Gasteiger partial charge in [0.05, 0.1) is 24.3 Å². The maximum Gasteiger partial charge on any atom is 0.264 e. The number of hydrogen-bond acceptors (Lipinski definition) is 6. The van der Waals surface area contributed by atoms with E-state index >= 15 is 0 Å². The monoisotopic (exact) mass is 609 g/mol. The Hall–Kier alpha value is -4.05. The fourth-order valence-corrected chi connectivity index (χ4v) is 5.97. The van der Waals surface area contributed by atoms with E-state index in [1.807, 2.05) is 46.8 Å². The molecule has 1 atom stereocenters. The van der Waals surface area contributed by atoms with Crippen molar-refractivity contribution in [3.05, 3.63) is 83.9 Å². The normalized spacial score (nSPS) is 12.0. The average Bonchev–Trinajstić information content (AvgIpc) is 2.99. The molecule has 2 amide bonds. The minimum atomic E-state index is -4.18. The Morgan fingerprint density at radius 3 is 2.19 bits per heavy atom. The zero-order chi connectivity index (χ0) is 31.6. The molecule has 3 aromatic rings. The third kappa shape index (κ3) is 8.97. The third-order valence-corrected chi connectivity index (χ3v) is 8.67. The van der Waals surface area contributed by atoms with Crippen LogP contribution in [0.3, 0.4) is 0 Å². The lowest BCUT2D eigenvalue weighted by Gasteiger charge is -2.33. The van der Waals surface area contributed by atoms with Gasteiger partial charge in [0.15, 0.2) is 0 Å². The number of anilines is 1. The first-order chi connectivity index (χ1) is 20.5. The summed E-state index contributed by atoms with van der Waals surface area (Å²) in [6.45, 7) is 10.1. The Morgan fingerprint density at radius 1 is 0.930 bits per heavy atom. The maximum atomic E-state index is 14.2. The number of carbonyl (C=O) groups excluding carboxylic acids is 2. The van der Waals surface area contributed by atoms with Crippen LogP contribution in [0, 0.1) is 12.8 Å². The molecule has 0 aliphatic carbocycles. The van der Waals surface area contributed by atoms with Crippen LogP contribution in [0.1, 0.15) is 45.2 Å². The van der Waals surface area contributed by atoms with Crippen molar-refractivity contribution in [1.29, 1.82) is 0 Å². The number of rotatable bonds is 15. The summed E-state index contributed by atoms with van der Waals surface area (Å²) in [5.41, 5.74) is 2.03. The second kappa shape index (κ2) is 15.4. The van der Waals surface area contributed by atoms with Crippen LogP contribution < -0.4 is 19.1 Å². The highest BCUT2D eigenvalue weighted by molar-refractivity contribution is 7.92. The van der Waals surface area contributed by atoms with Crippen LogP contribution in [0.15, 0.2) is 77.7 Å². The number of hydrogen-bond donors (Lipinski definition) is 1. The zero-order valence-corrected chi connectivity index (χ0v) is 26.7. The van der Waals surface area contributed by atoms with Gasteiger partial charge in [-0.3, -0.25) is 13.9 Å². The number of nitrogens with one attached hydrogen (secondary N) is 1. The first kappa shape index (κ1) is 33.5. The number of carbonyl (C=O) groups is 2. The largest absolute Gasteiger partial charge is 0.497 e. The third-order valence-electron chi connectivity index (χ3n) is 6.88. The van der Waals surface area contributed by atoms with Gasteiger partial charge in [-0.15, -0.1) is 0 Å². The molecule has 0 saturated carbocycles. The molecule has 0 fully saturated rings. The second-order valence-electron chi connectivity index (χ2n) is 10.7. The number of sulfonamides is 1. The SMILES string of the molecule is CCOc1ccc(S(=O)(=O)N(CC(=O)N(Cc2cccc(OC)c2)[C@@H](CC)C(=O)NCC(C)C)c2ccc(C)cc2)cc1. The van der Waals surface area contributed by atoms with Gasteiger partial charge in [0.2, 0.25) is 11.8 Å². The molecular formula is C33H43N3O6S. The van der Waals surface area contributed by atoms with Gasteiger partial charge >= 0.3 is 0 Å². The van der Waals surface area contributed by atoms with Crippen LogP contribution in [0.5, 0.6) is 11.5 Å². The second-order valence-corrected chi connectivity index (χ2v) is 12.6. The van der Waals surface area contributed by atoms with E-state index in [2.05, 4.69) is 5.32 Å². The molecule has 1 N–H and O–H groups in total. The lowest BCUT2D eigenvalue weighted by atomic mass is 10.1. The molecule has 0 aliphatic heterocycles. The number of amides is 2. The molecule has 0 aliphatic rings. The summed E-state index contributed by atoms with van der Waals surface area (Å²) in [4.78, 5) is 29.0. The number of benzene rings is 3. The van der Waals surface area contributed by atoms with Crippen LogP contribution >= 0.6 is 0 Å². The fraction of sp³-hybridized carbons (Fsp3) is 0.394. The van der Waals surface area contributed by atoms with Gasteiger partial charge in [-0.25, -0.2) is 8.42 Å². The van der Waals surface area contributed by atoms with Crippen LogP contribution in [0.4, 0.5) is 5.69 Å². The molecule has 0 bridgehead atoms. The molecule has 232 valence electrons. The van der Waals surface area contributed by atoms with Crippen LogP contribution in [-0.4, -0.2) is 58.0 Å². The van der Waals surface area contributed by atoms with Gasteiger partial charge in [-0.2, -0.15) is 0 Å². The topological polar surface area (TPSA) is 105 Å². The first-order valence-corrected chi connectivity index (χ1v) is 16.0. The Labute approximate surface area is 255 Å². The molecular weight excluding hydrogens is 566 g/mol. The van der Waals surface area contributed by atoms with Crippen LogP contribution in [0.25, 0.3) is 0 Å². The maximum absolute atomic E-state index is 14.2. The highest BCUT2D eigenvalue weighted by Gasteiger charge is 2.33. The van der Waals surface area contributed by atoms with Gasteiger partial charge in [0.1, 0.15) is 24.1 Å². The van der Waals surface area contributed by atoms with Gasteiger partial charge in [-0.05, 0) is 80.3 Å². The molecule has 0 radical (unpaired) electrons. The van der Waals surface area contributed by atoms with Crippen molar-refractivity contribution < 1.29 is 27.5 Å². The Morgan fingerprint density at radius 2 is 1.60 bits per heavy atom. The summed E-state index contributed by atoms with van der Waals surface area (Å²) in [5, 5.41) is 2.94. The summed E-state index contributed by atoms with van der Waals surface area (Å²) in [7, 11) is -2.62. The lowest BCUT2D eigenvalue weighted by Crippen LogP contribution is -2.52. The van der Waals surface area contributed by atoms with Crippen molar-refractivity contribution in [3.63, 3.8) is 0 Å². The van der Waals surface area contributed by atoms with E-state index in [1.54, 1.807) is 55.6 Å². The van der Waals surface area contributed by atoms with Crippen molar-refractivity contribution in [1.82, 2.24) is 10.2 Å². The van der Waals surface area contributed by atoms with Crippen LogP contribution in [-0.2, 0) is 26.2 Å². The Balaban J connectivity index is 2.04.